The van der Waals surface area contributed by atoms with Crippen LogP contribution in [0.3, 0.4) is 0 Å². The number of aliphatic carboxylic acids is 1. The van der Waals surface area contributed by atoms with Crippen molar-refractivity contribution < 1.29 is 9.90 Å². The van der Waals surface area contributed by atoms with Crippen molar-refractivity contribution in [2.75, 3.05) is 33.2 Å². The summed E-state index contributed by atoms with van der Waals surface area (Å²) in [6.45, 7) is 3.56. The zero-order chi connectivity index (χ0) is 11.3. The quantitative estimate of drug-likeness (QED) is 0.512. The zero-order valence-corrected chi connectivity index (χ0v) is 9.28. The van der Waals surface area contributed by atoms with Crippen LogP contribution in [-0.2, 0) is 4.79 Å². The number of likely N-dealkylation sites (tertiary alicyclic amines) is 1. The van der Waals surface area contributed by atoms with Gasteiger partial charge in [-0.25, -0.2) is 0 Å². The Morgan fingerprint density at radius 3 is 3.00 bits per heavy atom. The molecule has 4 N–H and O–H groups in total. The maximum Gasteiger partial charge on any atom is 0.321 e. The fraction of sp³-hybridized carbons (Fsp3) is 0.900. The van der Waals surface area contributed by atoms with Crippen LogP contribution in [0.5, 0.6) is 0 Å². The zero-order valence-electron chi connectivity index (χ0n) is 9.28. The summed E-state index contributed by atoms with van der Waals surface area (Å²) in [6.07, 6.45) is 2.36. The number of hydrogen-bond donors (Lipinski definition) is 3. The molecule has 1 aliphatic heterocycles. The van der Waals surface area contributed by atoms with E-state index in [9.17, 15) is 4.79 Å². The van der Waals surface area contributed by atoms with Gasteiger partial charge in [0, 0.05) is 13.1 Å². The first kappa shape index (κ1) is 12.4. The highest BCUT2D eigenvalue weighted by atomic mass is 16.4. The van der Waals surface area contributed by atoms with Crippen LogP contribution < -0.4 is 11.1 Å². The van der Waals surface area contributed by atoms with E-state index in [-0.39, 0.29) is 0 Å². The predicted octanol–water partition coefficient (Wildman–Crippen LogP) is -0.670. The number of carboxylic acids is 1. The maximum atomic E-state index is 10.4. The minimum atomic E-state index is -0.942. The van der Waals surface area contributed by atoms with Crippen molar-refractivity contribution in [2.45, 2.75) is 18.9 Å². The van der Waals surface area contributed by atoms with Crippen LogP contribution in [-0.4, -0.2) is 55.2 Å². The molecule has 1 fully saturated rings. The highest BCUT2D eigenvalue weighted by Crippen LogP contribution is 2.16. The first-order valence-electron chi connectivity index (χ1n) is 5.47. The van der Waals surface area contributed by atoms with Gasteiger partial charge in [-0.2, -0.15) is 0 Å². The van der Waals surface area contributed by atoms with Gasteiger partial charge in [-0.05, 0) is 38.9 Å². The molecule has 1 rings (SSSR count). The highest BCUT2D eigenvalue weighted by molar-refractivity contribution is 5.73. The minimum absolute atomic E-state index is 0.359. The molecule has 88 valence electrons. The van der Waals surface area contributed by atoms with Gasteiger partial charge in [0.2, 0.25) is 0 Å². The summed E-state index contributed by atoms with van der Waals surface area (Å²) >= 11 is 0. The van der Waals surface area contributed by atoms with Gasteiger partial charge in [0.25, 0.3) is 0 Å². The van der Waals surface area contributed by atoms with Crippen molar-refractivity contribution in [1.82, 2.24) is 10.2 Å². The van der Waals surface area contributed by atoms with Gasteiger partial charge in [-0.1, -0.05) is 0 Å². The number of rotatable bonds is 6. The number of hydrogen-bond acceptors (Lipinski definition) is 4. The van der Waals surface area contributed by atoms with Crippen LogP contribution in [0, 0.1) is 5.92 Å². The fourth-order valence-electron chi connectivity index (χ4n) is 1.91. The monoisotopic (exact) mass is 215 g/mol. The molecule has 0 aromatic rings. The third kappa shape index (κ3) is 4.59. The molecule has 2 unspecified atom stereocenters. The standard InChI is InChI=1S/C10H21N3O2/c1-13-5-3-8(7-13)2-4-12-6-9(11)10(14)15/h8-9,12H,2-7,11H2,1H3,(H,14,15). The number of nitrogens with one attached hydrogen (secondary N) is 1. The van der Waals surface area contributed by atoms with E-state index in [0.717, 1.165) is 25.4 Å². The van der Waals surface area contributed by atoms with Crippen molar-refractivity contribution in [3.05, 3.63) is 0 Å². The van der Waals surface area contributed by atoms with Crippen LogP contribution in [0.4, 0.5) is 0 Å². The van der Waals surface area contributed by atoms with E-state index in [0.29, 0.717) is 6.54 Å². The van der Waals surface area contributed by atoms with Gasteiger partial charge < -0.3 is 21.1 Å². The Bertz CT molecular complexity index is 211. The summed E-state index contributed by atoms with van der Waals surface area (Å²) in [4.78, 5) is 12.7. The summed E-state index contributed by atoms with van der Waals surface area (Å²) in [5.41, 5.74) is 5.36. The van der Waals surface area contributed by atoms with E-state index in [1.54, 1.807) is 0 Å². The number of carboxylic acid groups (broad SMARTS) is 1. The normalized spacial score (nSPS) is 24.3. The number of carbonyl (C=O) groups is 1. The molecule has 0 spiro atoms. The van der Waals surface area contributed by atoms with Gasteiger partial charge >= 0.3 is 5.97 Å². The Hall–Kier alpha value is -0.650. The van der Waals surface area contributed by atoms with E-state index in [1.165, 1.54) is 13.0 Å². The molecular weight excluding hydrogens is 194 g/mol. The molecule has 0 aromatic carbocycles. The lowest BCUT2D eigenvalue weighted by Gasteiger charge is -2.12. The van der Waals surface area contributed by atoms with Gasteiger partial charge in [-0.3, -0.25) is 4.79 Å². The molecule has 1 heterocycles. The summed E-state index contributed by atoms with van der Waals surface area (Å²) in [5, 5.41) is 11.6. The SMILES string of the molecule is CN1CCC(CCNCC(N)C(=O)O)C1. The van der Waals surface area contributed by atoms with Crippen LogP contribution in [0.2, 0.25) is 0 Å². The Balaban J connectivity index is 2.00. The molecule has 0 aromatic heterocycles. The van der Waals surface area contributed by atoms with Gasteiger partial charge in [-0.15, -0.1) is 0 Å². The van der Waals surface area contributed by atoms with E-state index < -0.39 is 12.0 Å². The molecule has 5 heteroatoms. The van der Waals surface area contributed by atoms with E-state index in [4.69, 9.17) is 10.8 Å². The molecule has 0 aliphatic carbocycles. The Morgan fingerprint density at radius 1 is 1.73 bits per heavy atom. The smallest absolute Gasteiger partial charge is 0.321 e. The number of nitrogens with zero attached hydrogens (tertiary/aromatic N) is 1. The lowest BCUT2D eigenvalue weighted by Crippen LogP contribution is -2.40. The van der Waals surface area contributed by atoms with Crippen LogP contribution in [0.25, 0.3) is 0 Å². The third-order valence-corrected chi connectivity index (χ3v) is 2.90. The van der Waals surface area contributed by atoms with E-state index in [1.807, 2.05) is 0 Å². The van der Waals surface area contributed by atoms with E-state index in [2.05, 4.69) is 17.3 Å². The minimum Gasteiger partial charge on any atom is -0.480 e. The molecule has 0 saturated carbocycles. The highest BCUT2D eigenvalue weighted by Gasteiger charge is 2.18. The summed E-state index contributed by atoms with van der Waals surface area (Å²) < 4.78 is 0. The lowest BCUT2D eigenvalue weighted by atomic mass is 10.1. The predicted molar refractivity (Wildman–Crippen MR) is 58.7 cm³/mol. The molecular formula is C10H21N3O2. The van der Waals surface area contributed by atoms with E-state index >= 15 is 0 Å². The lowest BCUT2D eigenvalue weighted by molar-refractivity contribution is -0.138. The van der Waals surface area contributed by atoms with Crippen molar-refractivity contribution in [2.24, 2.45) is 11.7 Å². The average molecular weight is 215 g/mol. The first-order valence-corrected chi connectivity index (χ1v) is 5.47. The van der Waals surface area contributed by atoms with Crippen molar-refractivity contribution >= 4 is 5.97 Å². The Labute approximate surface area is 90.6 Å². The largest absolute Gasteiger partial charge is 0.480 e. The third-order valence-electron chi connectivity index (χ3n) is 2.90. The van der Waals surface area contributed by atoms with Crippen molar-refractivity contribution in [3.8, 4) is 0 Å². The molecule has 0 radical (unpaired) electrons. The van der Waals surface area contributed by atoms with Crippen molar-refractivity contribution in [1.29, 1.82) is 0 Å². The van der Waals surface area contributed by atoms with Gasteiger partial charge in [0.05, 0.1) is 0 Å². The topological polar surface area (TPSA) is 78.6 Å². The number of nitrogens with two attached hydrogens (primary N) is 1. The van der Waals surface area contributed by atoms with Crippen LogP contribution >= 0.6 is 0 Å². The molecule has 5 nitrogen and oxygen atoms in total. The molecule has 0 bridgehead atoms. The Kier molecular flexibility index (Phi) is 5.01. The van der Waals surface area contributed by atoms with Crippen molar-refractivity contribution in [3.63, 3.8) is 0 Å². The summed E-state index contributed by atoms with van der Waals surface area (Å²) in [7, 11) is 2.13. The molecule has 2 atom stereocenters. The first-order chi connectivity index (χ1) is 7.09. The van der Waals surface area contributed by atoms with Crippen LogP contribution in [0.15, 0.2) is 0 Å². The van der Waals surface area contributed by atoms with Gasteiger partial charge in [0.1, 0.15) is 6.04 Å². The second-order valence-electron chi connectivity index (χ2n) is 4.35. The molecule has 0 amide bonds. The molecule has 15 heavy (non-hydrogen) atoms. The second kappa shape index (κ2) is 6.05. The molecule has 1 saturated heterocycles. The average Bonchev–Trinajstić information content (AvgIpc) is 2.58. The maximum absolute atomic E-state index is 10.4. The van der Waals surface area contributed by atoms with Gasteiger partial charge in [0.15, 0.2) is 0 Å². The van der Waals surface area contributed by atoms with Crippen LogP contribution in [0.1, 0.15) is 12.8 Å². The Morgan fingerprint density at radius 2 is 2.47 bits per heavy atom. The fourth-order valence-corrected chi connectivity index (χ4v) is 1.91. The second-order valence-corrected chi connectivity index (χ2v) is 4.35. The molecule has 1 aliphatic rings. The summed E-state index contributed by atoms with van der Waals surface area (Å²) in [6, 6.07) is -0.781. The summed E-state index contributed by atoms with van der Waals surface area (Å²) in [5.74, 6) is -0.188.